The molecular formula is C21H30N4O. The van der Waals surface area contributed by atoms with Crippen LogP contribution in [0.25, 0.3) is 0 Å². The molecule has 0 N–H and O–H groups in total. The first-order chi connectivity index (χ1) is 12.4. The molecule has 0 saturated heterocycles. The third-order valence-corrected chi connectivity index (χ3v) is 5.22. The number of anilines is 2. The fraction of sp³-hybridized carbons (Fsp3) is 0.524. The molecule has 0 atom stereocenters. The number of aromatic nitrogens is 2. The van der Waals surface area contributed by atoms with Gasteiger partial charge in [0.25, 0.3) is 5.56 Å². The molecule has 2 heterocycles. The molecule has 1 aliphatic heterocycles. The quantitative estimate of drug-likeness (QED) is 0.818. The lowest BCUT2D eigenvalue weighted by atomic mass is 10.1. The monoisotopic (exact) mass is 354 g/mol. The van der Waals surface area contributed by atoms with E-state index in [2.05, 4.69) is 54.8 Å². The Morgan fingerprint density at radius 3 is 2.42 bits per heavy atom. The van der Waals surface area contributed by atoms with Gasteiger partial charge in [-0.05, 0) is 50.3 Å². The van der Waals surface area contributed by atoms with Gasteiger partial charge in [-0.1, -0.05) is 32.9 Å². The van der Waals surface area contributed by atoms with Crippen LogP contribution >= 0.6 is 0 Å². The van der Waals surface area contributed by atoms with Crippen LogP contribution in [0.1, 0.15) is 44.0 Å². The lowest BCUT2D eigenvalue weighted by molar-refractivity contribution is 0.188. The number of fused-ring (bicyclic) bond motifs is 1. The van der Waals surface area contributed by atoms with Gasteiger partial charge in [-0.2, -0.15) is 0 Å². The molecule has 0 amide bonds. The molecule has 5 heteroatoms. The van der Waals surface area contributed by atoms with E-state index in [9.17, 15) is 4.79 Å². The Morgan fingerprint density at radius 1 is 1.12 bits per heavy atom. The summed E-state index contributed by atoms with van der Waals surface area (Å²) in [5, 5.41) is 0. The molecule has 1 aromatic heterocycles. The summed E-state index contributed by atoms with van der Waals surface area (Å²) < 4.78 is 1.82. The fourth-order valence-corrected chi connectivity index (χ4v) is 3.27. The van der Waals surface area contributed by atoms with Gasteiger partial charge in [0, 0.05) is 23.5 Å². The van der Waals surface area contributed by atoms with Crippen molar-refractivity contribution >= 4 is 11.6 Å². The first-order valence-electron chi connectivity index (χ1n) is 9.57. The van der Waals surface area contributed by atoms with Gasteiger partial charge < -0.3 is 0 Å². The third kappa shape index (κ3) is 3.68. The summed E-state index contributed by atoms with van der Waals surface area (Å²) in [5.41, 5.74) is 4.01. The Hall–Kier alpha value is -2.14. The molecule has 140 valence electrons. The van der Waals surface area contributed by atoms with Crippen LogP contribution in [-0.4, -0.2) is 27.7 Å². The summed E-state index contributed by atoms with van der Waals surface area (Å²) in [6, 6.07) is 8.59. The number of hydrogen-bond acceptors (Lipinski definition) is 4. The van der Waals surface area contributed by atoms with Crippen molar-refractivity contribution in [2.24, 2.45) is 5.92 Å². The van der Waals surface area contributed by atoms with Crippen LogP contribution in [0, 0.1) is 19.8 Å². The van der Waals surface area contributed by atoms with Gasteiger partial charge in [0.2, 0.25) is 5.95 Å². The minimum absolute atomic E-state index is 0.0666. The summed E-state index contributed by atoms with van der Waals surface area (Å²) >= 11 is 0. The Balaban J connectivity index is 2.03. The van der Waals surface area contributed by atoms with Gasteiger partial charge in [0.1, 0.15) is 0 Å². The van der Waals surface area contributed by atoms with E-state index in [-0.39, 0.29) is 5.56 Å². The highest BCUT2D eigenvalue weighted by molar-refractivity contribution is 5.58. The second-order valence-electron chi connectivity index (χ2n) is 7.66. The van der Waals surface area contributed by atoms with Gasteiger partial charge in [0.15, 0.2) is 0 Å². The van der Waals surface area contributed by atoms with E-state index in [1.807, 2.05) is 18.4 Å². The summed E-state index contributed by atoms with van der Waals surface area (Å²) in [7, 11) is 0. The zero-order valence-corrected chi connectivity index (χ0v) is 16.6. The van der Waals surface area contributed by atoms with E-state index in [4.69, 9.17) is 4.98 Å². The average Bonchev–Trinajstić information content (AvgIpc) is 2.64. The molecule has 1 aromatic carbocycles. The molecule has 2 aromatic rings. The Kier molecular flexibility index (Phi) is 5.47. The highest BCUT2D eigenvalue weighted by Crippen LogP contribution is 2.28. The van der Waals surface area contributed by atoms with Crippen LogP contribution in [0.2, 0.25) is 0 Å². The number of benzene rings is 1. The van der Waals surface area contributed by atoms with Gasteiger partial charge >= 0.3 is 0 Å². The fourth-order valence-electron chi connectivity index (χ4n) is 3.27. The Labute approximate surface area is 156 Å². The molecule has 5 nitrogen and oxygen atoms in total. The molecule has 26 heavy (non-hydrogen) atoms. The third-order valence-electron chi connectivity index (χ3n) is 5.22. The van der Waals surface area contributed by atoms with E-state index in [0.717, 1.165) is 48.9 Å². The molecule has 3 rings (SSSR count). The van der Waals surface area contributed by atoms with Gasteiger partial charge in [-0.15, -0.1) is 0 Å². The summed E-state index contributed by atoms with van der Waals surface area (Å²) in [6.45, 7) is 12.8. The minimum atomic E-state index is 0.0666. The maximum absolute atomic E-state index is 12.9. The smallest absolute Gasteiger partial charge is 0.259 e. The largest absolute Gasteiger partial charge is 0.298 e. The lowest BCUT2D eigenvalue weighted by Gasteiger charge is -2.38. The molecule has 0 fully saturated rings. The minimum Gasteiger partial charge on any atom is -0.298 e. The first kappa shape index (κ1) is 18.6. The van der Waals surface area contributed by atoms with Crippen LogP contribution < -0.4 is 10.5 Å². The van der Waals surface area contributed by atoms with Crippen molar-refractivity contribution in [3.05, 3.63) is 51.4 Å². The maximum atomic E-state index is 12.9. The summed E-state index contributed by atoms with van der Waals surface area (Å²) in [4.78, 5) is 22.1. The number of hydrogen-bond donors (Lipinski definition) is 0. The molecule has 1 aliphatic rings. The maximum Gasteiger partial charge on any atom is 0.259 e. The topological polar surface area (TPSA) is 41.4 Å². The van der Waals surface area contributed by atoms with E-state index < -0.39 is 0 Å². The molecular weight excluding hydrogens is 324 g/mol. The predicted octanol–water partition coefficient (Wildman–Crippen LogP) is 3.84. The van der Waals surface area contributed by atoms with E-state index >= 15 is 0 Å². The standard InChI is InChI=1S/C21H30N4O/c1-6-18-7-9-19(10-8-18)24-13-23(12-11-15(2)3)14-25-20(26)16(4)17(5)22-21(24)25/h7-10,15H,6,11-14H2,1-5H3. The van der Waals surface area contributed by atoms with Crippen LogP contribution in [0.5, 0.6) is 0 Å². The Bertz CT molecular complexity index is 823. The van der Waals surface area contributed by atoms with E-state index in [1.54, 1.807) is 0 Å². The average molecular weight is 354 g/mol. The SMILES string of the molecule is CCc1ccc(N2CN(CCC(C)C)Cn3c2nc(C)c(C)c3=O)cc1. The number of nitrogens with zero attached hydrogens (tertiary/aromatic N) is 4. The van der Waals surface area contributed by atoms with Gasteiger partial charge in [-0.3, -0.25) is 19.2 Å². The zero-order valence-electron chi connectivity index (χ0n) is 16.6. The van der Waals surface area contributed by atoms with Crippen molar-refractivity contribution in [1.29, 1.82) is 0 Å². The second kappa shape index (κ2) is 7.62. The number of aryl methyl sites for hydroxylation is 2. The second-order valence-corrected chi connectivity index (χ2v) is 7.66. The highest BCUT2D eigenvalue weighted by Gasteiger charge is 2.27. The lowest BCUT2D eigenvalue weighted by Crippen LogP contribution is -2.48. The molecule has 0 saturated carbocycles. The normalized spacial score (nSPS) is 14.8. The molecule has 0 bridgehead atoms. The molecule has 0 aliphatic carbocycles. The van der Waals surface area contributed by atoms with Crippen LogP contribution in [0.3, 0.4) is 0 Å². The van der Waals surface area contributed by atoms with Crippen molar-refractivity contribution in [3.8, 4) is 0 Å². The van der Waals surface area contributed by atoms with Crippen LogP contribution in [0.4, 0.5) is 11.6 Å². The van der Waals surface area contributed by atoms with E-state index in [0.29, 0.717) is 12.6 Å². The molecule has 0 spiro atoms. The predicted molar refractivity (Wildman–Crippen MR) is 107 cm³/mol. The zero-order chi connectivity index (χ0) is 18.8. The van der Waals surface area contributed by atoms with Gasteiger partial charge in [-0.25, -0.2) is 4.98 Å². The van der Waals surface area contributed by atoms with Crippen molar-refractivity contribution < 1.29 is 0 Å². The van der Waals surface area contributed by atoms with Crippen molar-refractivity contribution in [1.82, 2.24) is 14.5 Å². The summed E-state index contributed by atoms with van der Waals surface area (Å²) in [6.07, 6.45) is 2.14. The van der Waals surface area contributed by atoms with Crippen molar-refractivity contribution in [2.45, 2.75) is 54.1 Å². The van der Waals surface area contributed by atoms with Crippen molar-refractivity contribution in [3.63, 3.8) is 0 Å². The molecule has 0 unspecified atom stereocenters. The van der Waals surface area contributed by atoms with Crippen molar-refractivity contribution in [2.75, 3.05) is 18.1 Å². The summed E-state index contributed by atoms with van der Waals surface area (Å²) in [5.74, 6) is 1.39. The molecule has 0 radical (unpaired) electrons. The van der Waals surface area contributed by atoms with Crippen LogP contribution in [0.15, 0.2) is 29.1 Å². The van der Waals surface area contributed by atoms with Crippen LogP contribution in [-0.2, 0) is 13.1 Å². The Morgan fingerprint density at radius 2 is 1.81 bits per heavy atom. The van der Waals surface area contributed by atoms with Gasteiger partial charge in [0.05, 0.1) is 13.3 Å². The first-order valence-corrected chi connectivity index (χ1v) is 9.57. The van der Waals surface area contributed by atoms with E-state index in [1.165, 1.54) is 5.56 Å². The highest BCUT2D eigenvalue weighted by atomic mass is 16.1. The number of rotatable bonds is 5.